The topological polar surface area (TPSA) is 109 Å². The van der Waals surface area contributed by atoms with Crippen LogP contribution in [0.25, 0.3) is 0 Å². The second kappa shape index (κ2) is 11.4. The van der Waals surface area contributed by atoms with Crippen molar-refractivity contribution in [1.82, 2.24) is 5.32 Å². The maximum Gasteiger partial charge on any atom is 0.255 e. The molecule has 2 N–H and O–H groups in total. The second-order valence-electron chi connectivity index (χ2n) is 7.65. The first-order valence-electron chi connectivity index (χ1n) is 11.0. The number of hydrogen-bond acceptors (Lipinski definition) is 7. The molecule has 0 bridgehead atoms. The van der Waals surface area contributed by atoms with Crippen molar-refractivity contribution in [3.63, 3.8) is 0 Å². The van der Waals surface area contributed by atoms with Gasteiger partial charge < -0.3 is 20.1 Å². The van der Waals surface area contributed by atoms with E-state index in [1.54, 1.807) is 48.5 Å². The van der Waals surface area contributed by atoms with Crippen molar-refractivity contribution in [3.8, 4) is 11.5 Å². The summed E-state index contributed by atoms with van der Waals surface area (Å²) in [4.78, 5) is 38.2. The van der Waals surface area contributed by atoms with E-state index < -0.39 is 0 Å². The Labute approximate surface area is 212 Å². The number of hydrazone groups is 1. The lowest BCUT2D eigenvalue weighted by molar-refractivity contribution is -0.117. The molecule has 0 fully saturated rings. The van der Waals surface area contributed by atoms with Gasteiger partial charge in [-0.05, 0) is 48.5 Å². The number of anilines is 2. The Kier molecular flexibility index (Phi) is 7.86. The summed E-state index contributed by atoms with van der Waals surface area (Å²) >= 11 is 1.30. The minimum absolute atomic E-state index is 0.0307. The first kappa shape index (κ1) is 24.8. The Bertz CT molecular complexity index is 1310. The molecule has 36 heavy (non-hydrogen) atoms. The van der Waals surface area contributed by atoms with Crippen molar-refractivity contribution in [2.45, 2.75) is 11.3 Å². The third-order valence-corrected chi connectivity index (χ3v) is 6.16. The standard InChI is InChI=1S/C26H24N4O5S/c1-34-21-12-11-17(13-22(21)35-2)26(33)27-18-7-6-10-20(14-18)36-16-24(31)28-23-15-25(32)30(29-23)19-8-4-3-5-9-19/h3-14H,15-16H2,1-2H3,(H,27,33)(H,28,29,31). The average molecular weight is 505 g/mol. The zero-order valence-corrected chi connectivity index (χ0v) is 20.5. The molecule has 184 valence electrons. The van der Waals surface area contributed by atoms with E-state index in [1.807, 2.05) is 24.3 Å². The third kappa shape index (κ3) is 6.02. The minimum atomic E-state index is -0.303. The van der Waals surface area contributed by atoms with Crippen LogP contribution >= 0.6 is 11.8 Å². The van der Waals surface area contributed by atoms with Gasteiger partial charge in [-0.15, -0.1) is 11.8 Å². The molecule has 9 nitrogen and oxygen atoms in total. The number of thioether (sulfide) groups is 1. The lowest BCUT2D eigenvalue weighted by atomic mass is 10.2. The molecule has 0 unspecified atom stereocenters. The summed E-state index contributed by atoms with van der Waals surface area (Å²) in [6.45, 7) is 0. The molecule has 0 saturated carbocycles. The van der Waals surface area contributed by atoms with Gasteiger partial charge in [0.15, 0.2) is 11.5 Å². The molecule has 1 heterocycles. The Balaban J connectivity index is 1.32. The van der Waals surface area contributed by atoms with Gasteiger partial charge in [-0.1, -0.05) is 24.3 Å². The molecule has 4 rings (SSSR count). The SMILES string of the molecule is COc1ccc(C(=O)Nc2cccc(SCC(=O)NC3=NN(c4ccccc4)C(=O)C3)c2)cc1OC. The number of carbonyl (C=O) groups excluding carboxylic acids is 3. The lowest BCUT2D eigenvalue weighted by Crippen LogP contribution is -2.31. The van der Waals surface area contributed by atoms with Gasteiger partial charge in [-0.2, -0.15) is 10.1 Å². The lowest BCUT2D eigenvalue weighted by Gasteiger charge is -2.11. The van der Waals surface area contributed by atoms with E-state index in [1.165, 1.54) is 31.0 Å². The molecule has 0 spiro atoms. The molecule has 3 amide bonds. The van der Waals surface area contributed by atoms with E-state index in [0.717, 1.165) is 4.90 Å². The number of methoxy groups -OCH3 is 2. The van der Waals surface area contributed by atoms with E-state index in [0.29, 0.717) is 34.3 Å². The summed E-state index contributed by atoms with van der Waals surface area (Å²) in [5, 5.41) is 11.1. The van der Waals surface area contributed by atoms with Crippen LogP contribution in [0.1, 0.15) is 16.8 Å². The number of nitrogens with zero attached hydrogens (tertiary/aromatic N) is 2. The van der Waals surface area contributed by atoms with Gasteiger partial charge in [0.25, 0.3) is 11.8 Å². The molecule has 3 aromatic carbocycles. The van der Waals surface area contributed by atoms with Crippen molar-refractivity contribution in [3.05, 3.63) is 78.4 Å². The number of benzene rings is 3. The summed E-state index contributed by atoms with van der Waals surface area (Å²) in [5.74, 6) is 0.634. The molecular weight excluding hydrogens is 480 g/mol. The molecule has 0 aliphatic carbocycles. The fraction of sp³-hybridized carbons (Fsp3) is 0.154. The highest BCUT2D eigenvalue weighted by molar-refractivity contribution is 8.00. The van der Waals surface area contributed by atoms with E-state index >= 15 is 0 Å². The van der Waals surface area contributed by atoms with Crippen LogP contribution in [0.4, 0.5) is 11.4 Å². The van der Waals surface area contributed by atoms with E-state index in [4.69, 9.17) is 9.47 Å². The van der Waals surface area contributed by atoms with E-state index in [9.17, 15) is 14.4 Å². The summed E-state index contributed by atoms with van der Waals surface area (Å²) in [6.07, 6.45) is 0.0307. The van der Waals surface area contributed by atoms with Crippen molar-refractivity contribution in [2.75, 3.05) is 30.3 Å². The van der Waals surface area contributed by atoms with Gasteiger partial charge in [0.2, 0.25) is 5.91 Å². The first-order chi connectivity index (χ1) is 17.5. The summed E-state index contributed by atoms with van der Waals surface area (Å²) in [5.41, 5.74) is 1.65. The molecule has 0 aromatic heterocycles. The monoisotopic (exact) mass is 504 g/mol. The molecule has 1 aliphatic rings. The molecule has 1 aliphatic heterocycles. The van der Waals surface area contributed by atoms with Crippen molar-refractivity contribution < 1.29 is 23.9 Å². The molecule has 10 heteroatoms. The number of ether oxygens (including phenoxy) is 2. The molecule has 0 atom stereocenters. The van der Waals surface area contributed by atoms with Gasteiger partial charge in [0, 0.05) is 16.1 Å². The zero-order valence-electron chi connectivity index (χ0n) is 19.7. The van der Waals surface area contributed by atoms with Crippen LogP contribution in [0.2, 0.25) is 0 Å². The molecule has 0 radical (unpaired) electrons. The number of rotatable bonds is 8. The highest BCUT2D eigenvalue weighted by atomic mass is 32.2. The maximum absolute atomic E-state index is 12.7. The predicted molar refractivity (Wildman–Crippen MR) is 139 cm³/mol. The molecule has 3 aromatic rings. The van der Waals surface area contributed by atoms with Crippen LogP contribution < -0.4 is 25.1 Å². The fourth-order valence-corrected chi connectivity index (χ4v) is 4.22. The van der Waals surface area contributed by atoms with Crippen LogP contribution in [0.5, 0.6) is 11.5 Å². The number of carbonyl (C=O) groups is 3. The maximum atomic E-state index is 12.7. The molecule has 0 saturated heterocycles. The van der Waals surface area contributed by atoms with Crippen molar-refractivity contribution in [2.24, 2.45) is 5.10 Å². The normalized spacial score (nSPS) is 12.7. The van der Waals surface area contributed by atoms with Crippen LogP contribution in [0.3, 0.4) is 0 Å². The molecular formula is C26H24N4O5S. The van der Waals surface area contributed by atoms with Crippen molar-refractivity contribution in [1.29, 1.82) is 0 Å². The first-order valence-corrected chi connectivity index (χ1v) is 12.0. The Morgan fingerprint density at radius 2 is 1.72 bits per heavy atom. The fourth-order valence-electron chi connectivity index (χ4n) is 3.46. The van der Waals surface area contributed by atoms with Crippen LogP contribution in [-0.2, 0) is 9.59 Å². The van der Waals surface area contributed by atoms with Crippen LogP contribution in [-0.4, -0.2) is 43.5 Å². The number of para-hydroxylation sites is 1. The third-order valence-electron chi connectivity index (χ3n) is 5.17. The number of amides is 3. The van der Waals surface area contributed by atoms with Crippen molar-refractivity contribution >= 4 is 46.7 Å². The van der Waals surface area contributed by atoms with E-state index in [2.05, 4.69) is 15.7 Å². The predicted octanol–water partition coefficient (Wildman–Crippen LogP) is 3.91. The Hall–Kier alpha value is -4.31. The highest BCUT2D eigenvalue weighted by Crippen LogP contribution is 2.28. The minimum Gasteiger partial charge on any atom is -0.493 e. The highest BCUT2D eigenvalue weighted by Gasteiger charge is 2.26. The Morgan fingerprint density at radius 3 is 2.47 bits per heavy atom. The summed E-state index contributed by atoms with van der Waals surface area (Å²) in [6, 6.07) is 21.1. The summed E-state index contributed by atoms with van der Waals surface area (Å²) < 4.78 is 10.5. The van der Waals surface area contributed by atoms with Crippen LogP contribution in [0.15, 0.2) is 82.8 Å². The zero-order chi connectivity index (χ0) is 25.5. The smallest absolute Gasteiger partial charge is 0.255 e. The largest absolute Gasteiger partial charge is 0.493 e. The number of nitrogens with one attached hydrogen (secondary N) is 2. The van der Waals surface area contributed by atoms with Gasteiger partial charge in [0.05, 0.1) is 32.1 Å². The number of amidine groups is 1. The Morgan fingerprint density at radius 1 is 0.944 bits per heavy atom. The van der Waals surface area contributed by atoms with Gasteiger partial charge in [0.1, 0.15) is 5.84 Å². The number of hydrogen-bond donors (Lipinski definition) is 2. The second-order valence-corrected chi connectivity index (χ2v) is 8.70. The quantitative estimate of drug-likeness (QED) is 0.450. The average Bonchev–Trinajstić information content (AvgIpc) is 3.27. The van der Waals surface area contributed by atoms with Crippen LogP contribution in [0, 0.1) is 0 Å². The summed E-state index contributed by atoms with van der Waals surface area (Å²) in [7, 11) is 3.04. The van der Waals surface area contributed by atoms with Gasteiger partial charge in [-0.3, -0.25) is 14.4 Å². The van der Waals surface area contributed by atoms with Gasteiger partial charge in [-0.25, -0.2) is 0 Å². The van der Waals surface area contributed by atoms with Gasteiger partial charge >= 0.3 is 0 Å². The van der Waals surface area contributed by atoms with E-state index in [-0.39, 0.29) is 29.9 Å².